The smallest absolute Gasteiger partial charge is 0.323 e. The first-order valence-electron chi connectivity index (χ1n) is 13.1. The molecule has 0 amide bonds. The van der Waals surface area contributed by atoms with Gasteiger partial charge in [0.15, 0.2) is 5.75 Å². The van der Waals surface area contributed by atoms with Crippen LogP contribution >= 0.6 is 36.4 Å². The summed E-state index contributed by atoms with van der Waals surface area (Å²) >= 11 is 6.55. The van der Waals surface area contributed by atoms with Gasteiger partial charge in [0.25, 0.3) is 0 Å². The molecule has 1 fully saturated rings. The quantitative estimate of drug-likeness (QED) is 0.179. The van der Waals surface area contributed by atoms with Crippen LogP contribution in [0.15, 0.2) is 53.5 Å². The van der Waals surface area contributed by atoms with Gasteiger partial charge in [-0.15, -0.1) is 24.8 Å². The van der Waals surface area contributed by atoms with E-state index in [1.807, 2.05) is 19.3 Å². The number of nitrogens with two attached hydrogens (primary N) is 1. The van der Waals surface area contributed by atoms with Crippen LogP contribution in [0.2, 0.25) is 5.02 Å². The van der Waals surface area contributed by atoms with Gasteiger partial charge >= 0.3 is 5.97 Å². The summed E-state index contributed by atoms with van der Waals surface area (Å²) in [6.45, 7) is 6.00. The largest absolute Gasteiger partial charge is 0.489 e. The topological polar surface area (TPSA) is 138 Å². The van der Waals surface area contributed by atoms with E-state index in [1.165, 1.54) is 6.07 Å². The zero-order valence-electron chi connectivity index (χ0n) is 23.6. The van der Waals surface area contributed by atoms with Gasteiger partial charge in [0.2, 0.25) is 10.0 Å². The van der Waals surface area contributed by atoms with Crippen molar-refractivity contribution in [2.45, 2.75) is 32.8 Å². The molecule has 0 aliphatic carbocycles. The van der Waals surface area contributed by atoms with Crippen LogP contribution in [-0.4, -0.2) is 76.1 Å². The molecular formula is C28H38Cl3N5O5S. The molecule has 0 unspecified atom stereocenters. The van der Waals surface area contributed by atoms with Crippen molar-refractivity contribution in [3.63, 3.8) is 0 Å². The predicted molar refractivity (Wildman–Crippen MR) is 174 cm³/mol. The Labute approximate surface area is 265 Å². The molecule has 232 valence electrons. The average molecular weight is 663 g/mol. The average Bonchev–Trinajstić information content (AvgIpc) is 2.91. The highest BCUT2D eigenvalue weighted by molar-refractivity contribution is 7.93. The minimum absolute atomic E-state index is 0. The van der Waals surface area contributed by atoms with Crippen molar-refractivity contribution in [3.8, 4) is 5.75 Å². The zero-order valence-corrected chi connectivity index (χ0v) is 26.8. The first-order chi connectivity index (χ1) is 19.1. The van der Waals surface area contributed by atoms with Gasteiger partial charge in [0, 0.05) is 38.0 Å². The second-order valence-electron chi connectivity index (χ2n) is 9.12. The Kier molecular flexibility index (Phi) is 15.7. The van der Waals surface area contributed by atoms with Crippen molar-refractivity contribution in [1.82, 2.24) is 4.90 Å². The molecular weight excluding hydrogens is 625 g/mol. The maximum Gasteiger partial charge on any atom is 0.323 e. The second-order valence-corrected chi connectivity index (χ2v) is 11.4. The molecule has 3 N–H and O–H groups in total. The first kappa shape index (κ1) is 37.0. The van der Waals surface area contributed by atoms with Crippen LogP contribution < -0.4 is 14.8 Å². The van der Waals surface area contributed by atoms with E-state index in [4.69, 9.17) is 32.2 Å². The van der Waals surface area contributed by atoms with Gasteiger partial charge in [-0.1, -0.05) is 42.0 Å². The van der Waals surface area contributed by atoms with Gasteiger partial charge in [-0.3, -0.25) is 19.5 Å². The van der Waals surface area contributed by atoms with E-state index in [0.717, 1.165) is 42.3 Å². The number of carbonyl (C=O) groups is 1. The number of nitrogens with one attached hydrogen (secondary N) is 1. The molecule has 0 aromatic heterocycles. The fourth-order valence-electron chi connectivity index (χ4n) is 4.13. The number of carbonyl (C=O) groups excluding carboxylic acids is 1. The highest BCUT2D eigenvalue weighted by Crippen LogP contribution is 2.32. The number of sulfonamides is 1. The standard InChI is InChI=1S/C28H36ClN5O5S.2ClH/c1-3-32-20-33-15-12-24(13-16-33)39-26-11-10-23(18-25(26)29)34(40(36,37)19-27(35)38-4-2)14-6-8-21-7-5-9-22(17-21)28(30)31;;/h5-11,17-18,20,24H,3-4,12-16,19H2,1-2H3,(H3,30,31);2*1H/b8-6+,32-20?;;. The van der Waals surface area contributed by atoms with Crippen LogP contribution in [0.5, 0.6) is 5.75 Å². The van der Waals surface area contributed by atoms with Crippen LogP contribution in [0.4, 0.5) is 5.69 Å². The number of aliphatic imine (C=N–C) groups is 1. The lowest BCUT2D eigenvalue weighted by atomic mass is 10.1. The summed E-state index contributed by atoms with van der Waals surface area (Å²) in [5.41, 5.74) is 7.15. The van der Waals surface area contributed by atoms with Crippen molar-refractivity contribution in [3.05, 3.63) is 64.7 Å². The summed E-state index contributed by atoms with van der Waals surface area (Å²) in [5, 5.41) is 7.88. The number of anilines is 1. The second kappa shape index (κ2) is 17.8. The molecule has 42 heavy (non-hydrogen) atoms. The van der Waals surface area contributed by atoms with E-state index < -0.39 is 21.7 Å². The third-order valence-electron chi connectivity index (χ3n) is 6.12. The van der Waals surface area contributed by atoms with Crippen LogP contribution in [0.25, 0.3) is 6.08 Å². The highest BCUT2D eigenvalue weighted by Gasteiger charge is 2.27. The van der Waals surface area contributed by atoms with Crippen molar-refractivity contribution < 1.29 is 22.7 Å². The van der Waals surface area contributed by atoms with E-state index in [1.54, 1.807) is 49.4 Å². The fraction of sp³-hybridized carbons (Fsp3) is 0.393. The molecule has 3 rings (SSSR count). The van der Waals surface area contributed by atoms with Crippen LogP contribution in [0, 0.1) is 5.41 Å². The minimum Gasteiger partial charge on any atom is -0.489 e. The molecule has 14 heteroatoms. The number of amidine groups is 1. The summed E-state index contributed by atoms with van der Waals surface area (Å²) in [4.78, 5) is 18.5. The van der Waals surface area contributed by atoms with Crippen molar-refractivity contribution >= 4 is 76.3 Å². The molecule has 2 aromatic rings. The minimum atomic E-state index is -4.11. The molecule has 1 saturated heterocycles. The van der Waals surface area contributed by atoms with Crippen LogP contribution in [-0.2, 0) is 19.6 Å². The maximum absolute atomic E-state index is 13.3. The van der Waals surface area contributed by atoms with Gasteiger partial charge in [-0.05, 0) is 43.7 Å². The summed E-state index contributed by atoms with van der Waals surface area (Å²) in [7, 11) is -4.11. The number of rotatable bonds is 13. The summed E-state index contributed by atoms with van der Waals surface area (Å²) in [5.74, 6) is -1.26. The number of halogens is 3. The third-order valence-corrected chi connectivity index (χ3v) is 8.05. The monoisotopic (exact) mass is 661 g/mol. The van der Waals surface area contributed by atoms with Gasteiger partial charge in [-0.2, -0.15) is 0 Å². The number of esters is 1. The first-order valence-corrected chi connectivity index (χ1v) is 15.1. The van der Waals surface area contributed by atoms with Crippen molar-refractivity contribution in [2.24, 2.45) is 10.7 Å². The van der Waals surface area contributed by atoms with Crippen molar-refractivity contribution in [2.75, 3.05) is 42.8 Å². The van der Waals surface area contributed by atoms with E-state index in [0.29, 0.717) is 11.3 Å². The van der Waals surface area contributed by atoms with Gasteiger partial charge < -0.3 is 20.1 Å². The Hall–Kier alpha value is -2.99. The molecule has 1 aliphatic heterocycles. The molecule has 0 spiro atoms. The molecule has 1 heterocycles. The number of hydrogen-bond donors (Lipinski definition) is 2. The molecule has 10 nitrogen and oxygen atoms in total. The Bertz CT molecular complexity index is 1350. The van der Waals surface area contributed by atoms with Crippen LogP contribution in [0.3, 0.4) is 0 Å². The van der Waals surface area contributed by atoms with E-state index in [2.05, 4.69) is 9.89 Å². The molecule has 2 aromatic carbocycles. The van der Waals surface area contributed by atoms with Crippen molar-refractivity contribution in [1.29, 1.82) is 5.41 Å². The van der Waals surface area contributed by atoms with E-state index >= 15 is 0 Å². The van der Waals surface area contributed by atoms with E-state index in [9.17, 15) is 13.2 Å². The number of ether oxygens (including phenoxy) is 2. The Morgan fingerprint density at radius 2 is 1.90 bits per heavy atom. The van der Waals surface area contributed by atoms with Gasteiger partial charge in [-0.25, -0.2) is 8.42 Å². The lowest BCUT2D eigenvalue weighted by Gasteiger charge is -2.31. The lowest BCUT2D eigenvalue weighted by molar-refractivity contribution is -0.139. The molecule has 0 saturated carbocycles. The number of nitrogens with zero attached hydrogens (tertiary/aromatic N) is 3. The number of nitrogen functional groups attached to an aromatic ring is 1. The van der Waals surface area contributed by atoms with Gasteiger partial charge in [0.05, 0.1) is 30.2 Å². The third kappa shape index (κ3) is 11.0. The SMILES string of the molecule is CCN=CN1CCC(Oc2ccc(N(C/C=C/c3cccc(C(=N)N)c3)S(=O)(=O)CC(=O)OCC)cc2Cl)CC1.Cl.Cl. The number of likely N-dealkylation sites (tertiary alicyclic amines) is 1. The summed E-state index contributed by atoms with van der Waals surface area (Å²) in [6, 6.07) is 11.8. The number of piperidine rings is 1. The van der Waals surface area contributed by atoms with E-state index in [-0.39, 0.29) is 60.6 Å². The predicted octanol–water partition coefficient (Wildman–Crippen LogP) is 4.77. The fourth-order valence-corrected chi connectivity index (χ4v) is 5.63. The molecule has 1 aliphatic rings. The summed E-state index contributed by atoms with van der Waals surface area (Å²) < 4.78 is 38.7. The summed E-state index contributed by atoms with van der Waals surface area (Å²) in [6.07, 6.45) is 6.84. The number of hydrogen-bond acceptors (Lipinski definition) is 7. The van der Waals surface area contributed by atoms with Gasteiger partial charge in [0.1, 0.15) is 17.7 Å². The highest BCUT2D eigenvalue weighted by atomic mass is 35.5. The number of benzene rings is 2. The normalized spacial score (nSPS) is 13.8. The molecule has 0 bridgehead atoms. The Balaban J connectivity index is 0.00000441. The van der Waals surface area contributed by atoms with Crippen LogP contribution in [0.1, 0.15) is 37.8 Å². The molecule has 0 atom stereocenters. The lowest BCUT2D eigenvalue weighted by Crippen LogP contribution is -2.37. The maximum atomic E-state index is 13.3. The zero-order chi connectivity index (χ0) is 29.1. The Morgan fingerprint density at radius 3 is 2.52 bits per heavy atom. The molecule has 0 radical (unpaired) electrons. The Morgan fingerprint density at radius 1 is 1.19 bits per heavy atom.